The van der Waals surface area contributed by atoms with Gasteiger partial charge in [0.1, 0.15) is 5.54 Å². The van der Waals surface area contributed by atoms with Crippen LogP contribution in [0, 0.1) is 0 Å². The maximum absolute atomic E-state index is 11.0. The number of hydrogen-bond acceptors (Lipinski definition) is 2. The number of hydrogen-bond donors (Lipinski definition) is 0. The fraction of sp³-hybridized carbons (Fsp3) is 0.160. The fourth-order valence-electron chi connectivity index (χ4n) is 3.93. The average molecular weight is 351 g/mol. The Labute approximate surface area is 160 Å². The van der Waals surface area contributed by atoms with Gasteiger partial charge in [0, 0.05) is 0 Å². The third kappa shape index (κ3) is 3.40. The average Bonchev–Trinajstić information content (AvgIpc) is 2.89. The molecule has 0 bridgehead atoms. The van der Waals surface area contributed by atoms with Gasteiger partial charge in [-0.15, -0.1) is 0 Å². The number of allylic oxidation sites excluding steroid dienone is 6. The molecule has 1 atom stereocenters. The zero-order valence-electron chi connectivity index (χ0n) is 15.4. The van der Waals surface area contributed by atoms with Crippen molar-refractivity contribution in [3.8, 4) is 0 Å². The van der Waals surface area contributed by atoms with Gasteiger partial charge in [-0.05, 0) is 59.3 Å². The molecule has 0 saturated carbocycles. The van der Waals surface area contributed by atoms with Crippen LogP contribution in [0.15, 0.2) is 95.5 Å². The van der Waals surface area contributed by atoms with E-state index in [1.54, 1.807) is 6.08 Å². The molecule has 0 aromatic heterocycles. The Balaban J connectivity index is 1.99. The Morgan fingerprint density at radius 3 is 2.56 bits per heavy atom. The molecular weight excluding hydrogens is 330 g/mol. The predicted molar refractivity (Wildman–Crippen MR) is 111 cm³/mol. The quantitative estimate of drug-likeness (QED) is 0.516. The lowest BCUT2D eigenvalue weighted by Crippen LogP contribution is -2.16. The molecule has 2 aliphatic carbocycles. The minimum Gasteiger partial charge on any atom is -0.211 e. The molecule has 2 aliphatic rings. The Morgan fingerprint density at radius 1 is 0.963 bits per heavy atom. The van der Waals surface area contributed by atoms with Gasteiger partial charge in [-0.1, -0.05) is 78.9 Å². The first kappa shape index (κ1) is 17.2. The van der Waals surface area contributed by atoms with Gasteiger partial charge < -0.3 is 0 Å². The van der Waals surface area contributed by atoms with E-state index < -0.39 is 5.54 Å². The lowest BCUT2D eigenvalue weighted by Gasteiger charge is -2.26. The summed E-state index contributed by atoms with van der Waals surface area (Å²) in [5.74, 6) is 0. The molecule has 27 heavy (non-hydrogen) atoms. The van der Waals surface area contributed by atoms with E-state index in [1.165, 1.54) is 27.8 Å². The van der Waals surface area contributed by atoms with Gasteiger partial charge in [-0.3, -0.25) is 0 Å². The minimum absolute atomic E-state index is 0.693. The SMILES string of the molecule is CC1(N=C=O)C=CC=CC(C2=C(c3ccccc3)CCc3ccccc32)=C1. The molecule has 0 spiro atoms. The molecule has 0 aliphatic heterocycles. The predicted octanol–water partition coefficient (Wildman–Crippen LogP) is 5.69. The Bertz CT molecular complexity index is 1030. The van der Waals surface area contributed by atoms with Crippen LogP contribution in [-0.4, -0.2) is 11.6 Å². The van der Waals surface area contributed by atoms with E-state index in [0.717, 1.165) is 18.4 Å². The summed E-state index contributed by atoms with van der Waals surface area (Å²) in [4.78, 5) is 15.0. The van der Waals surface area contributed by atoms with Gasteiger partial charge in [0.15, 0.2) is 0 Å². The fourth-order valence-corrected chi connectivity index (χ4v) is 3.93. The van der Waals surface area contributed by atoms with Crippen molar-refractivity contribution in [2.24, 2.45) is 4.99 Å². The highest BCUT2D eigenvalue weighted by Crippen LogP contribution is 2.42. The van der Waals surface area contributed by atoms with Crippen molar-refractivity contribution in [2.75, 3.05) is 0 Å². The molecule has 2 nitrogen and oxygen atoms in total. The molecule has 0 saturated heterocycles. The number of fused-ring (bicyclic) bond motifs is 1. The summed E-state index contributed by atoms with van der Waals surface area (Å²) in [5, 5.41) is 0. The molecule has 0 amide bonds. The second kappa shape index (κ2) is 7.19. The number of rotatable bonds is 3. The summed E-state index contributed by atoms with van der Waals surface area (Å²) >= 11 is 0. The number of aryl methyl sites for hydroxylation is 1. The third-order valence-electron chi connectivity index (χ3n) is 5.20. The normalized spacial score (nSPS) is 21.1. The van der Waals surface area contributed by atoms with Gasteiger partial charge in [0.25, 0.3) is 0 Å². The summed E-state index contributed by atoms with van der Waals surface area (Å²) < 4.78 is 0. The van der Waals surface area contributed by atoms with Crippen LogP contribution in [0.1, 0.15) is 30.0 Å². The number of aliphatic imine (C=N–C) groups is 1. The molecule has 0 heterocycles. The minimum atomic E-state index is -0.693. The molecule has 0 N–H and O–H groups in total. The molecule has 132 valence electrons. The van der Waals surface area contributed by atoms with Crippen LogP contribution in [0.4, 0.5) is 0 Å². The van der Waals surface area contributed by atoms with E-state index in [2.05, 4.69) is 65.7 Å². The van der Waals surface area contributed by atoms with E-state index in [0.29, 0.717) is 0 Å². The van der Waals surface area contributed by atoms with E-state index in [-0.39, 0.29) is 0 Å². The van der Waals surface area contributed by atoms with Crippen LogP contribution in [0.2, 0.25) is 0 Å². The largest absolute Gasteiger partial charge is 0.236 e. The summed E-state index contributed by atoms with van der Waals surface area (Å²) in [6.45, 7) is 1.93. The monoisotopic (exact) mass is 351 g/mol. The van der Waals surface area contributed by atoms with Crippen molar-refractivity contribution < 1.29 is 4.79 Å². The van der Waals surface area contributed by atoms with E-state index in [4.69, 9.17) is 0 Å². The summed E-state index contributed by atoms with van der Waals surface area (Å²) in [6.07, 6.45) is 13.8. The van der Waals surface area contributed by atoms with Gasteiger partial charge in [-0.25, -0.2) is 4.79 Å². The van der Waals surface area contributed by atoms with Crippen LogP contribution < -0.4 is 0 Å². The number of carbonyl (C=O) groups excluding carboxylic acids is 1. The lowest BCUT2D eigenvalue weighted by molar-refractivity contribution is 0.556. The number of benzene rings is 2. The first-order valence-electron chi connectivity index (χ1n) is 9.25. The van der Waals surface area contributed by atoms with Crippen molar-refractivity contribution in [3.05, 3.63) is 107 Å². The zero-order chi connectivity index (χ0) is 18.7. The second-order valence-corrected chi connectivity index (χ2v) is 7.12. The molecule has 4 rings (SSSR count). The Morgan fingerprint density at radius 2 is 1.74 bits per heavy atom. The van der Waals surface area contributed by atoms with Crippen molar-refractivity contribution in [1.82, 2.24) is 0 Å². The molecule has 2 heteroatoms. The highest BCUT2D eigenvalue weighted by molar-refractivity contribution is 6.02. The Kier molecular flexibility index (Phi) is 4.58. The topological polar surface area (TPSA) is 29.4 Å². The maximum atomic E-state index is 11.0. The smallest absolute Gasteiger partial charge is 0.211 e. The first-order valence-corrected chi connectivity index (χ1v) is 9.25. The van der Waals surface area contributed by atoms with Crippen LogP contribution in [0.5, 0.6) is 0 Å². The number of nitrogens with zero attached hydrogens (tertiary/aromatic N) is 1. The lowest BCUT2D eigenvalue weighted by atomic mass is 9.78. The highest BCUT2D eigenvalue weighted by Gasteiger charge is 2.25. The summed E-state index contributed by atoms with van der Waals surface area (Å²) in [5.41, 5.74) is 6.83. The van der Waals surface area contributed by atoms with Crippen molar-refractivity contribution >= 4 is 17.2 Å². The van der Waals surface area contributed by atoms with Crippen molar-refractivity contribution in [3.63, 3.8) is 0 Å². The molecule has 1 unspecified atom stereocenters. The molecular formula is C25H21NO. The van der Waals surface area contributed by atoms with Crippen LogP contribution in [0.3, 0.4) is 0 Å². The first-order chi connectivity index (χ1) is 13.2. The number of isocyanates is 1. The van der Waals surface area contributed by atoms with Gasteiger partial charge in [0.05, 0.1) is 0 Å². The summed E-state index contributed by atoms with van der Waals surface area (Å²) in [7, 11) is 0. The van der Waals surface area contributed by atoms with Gasteiger partial charge >= 0.3 is 0 Å². The standard InChI is InChI=1S/C25H21NO/c1-25(26-18-27)16-8-7-12-21(17-25)24-22-13-6-5-11-20(22)14-15-23(24)19-9-3-2-4-10-19/h2-13,16-17H,14-15H2,1H3. The molecule has 0 radical (unpaired) electrons. The highest BCUT2D eigenvalue weighted by atomic mass is 16.1. The van der Waals surface area contributed by atoms with E-state index >= 15 is 0 Å². The van der Waals surface area contributed by atoms with Crippen LogP contribution in [0.25, 0.3) is 11.1 Å². The third-order valence-corrected chi connectivity index (χ3v) is 5.20. The van der Waals surface area contributed by atoms with E-state index in [1.807, 2.05) is 31.2 Å². The molecule has 2 aromatic rings. The Hall–Kier alpha value is -3.22. The van der Waals surface area contributed by atoms with Crippen LogP contribution in [-0.2, 0) is 11.2 Å². The van der Waals surface area contributed by atoms with E-state index in [9.17, 15) is 4.79 Å². The van der Waals surface area contributed by atoms with Crippen molar-refractivity contribution in [1.29, 1.82) is 0 Å². The van der Waals surface area contributed by atoms with Gasteiger partial charge in [-0.2, -0.15) is 4.99 Å². The van der Waals surface area contributed by atoms with Crippen LogP contribution >= 0.6 is 0 Å². The molecule has 0 fully saturated rings. The van der Waals surface area contributed by atoms with Crippen molar-refractivity contribution in [2.45, 2.75) is 25.3 Å². The second-order valence-electron chi connectivity index (χ2n) is 7.12. The zero-order valence-corrected chi connectivity index (χ0v) is 15.4. The van der Waals surface area contributed by atoms with Gasteiger partial charge in [0.2, 0.25) is 6.08 Å². The molecule has 2 aromatic carbocycles. The maximum Gasteiger partial charge on any atom is 0.236 e. The summed E-state index contributed by atoms with van der Waals surface area (Å²) in [6, 6.07) is 19.2.